The lowest BCUT2D eigenvalue weighted by atomic mass is 9.96. The van der Waals surface area contributed by atoms with Gasteiger partial charge in [0.2, 0.25) is 5.91 Å². The van der Waals surface area contributed by atoms with Gasteiger partial charge in [-0.15, -0.1) is 6.58 Å². The molecule has 0 saturated carbocycles. The molecular formula is C12H17NO3. The normalized spacial score (nSPS) is 18.8. The van der Waals surface area contributed by atoms with E-state index in [0.29, 0.717) is 18.5 Å². The largest absolute Gasteiger partial charge is 0.464 e. The number of allylic oxidation sites excluding steroid dienone is 1. The Kier molecular flexibility index (Phi) is 3.88. The van der Waals surface area contributed by atoms with Crippen LogP contribution in [0.4, 0.5) is 0 Å². The van der Waals surface area contributed by atoms with Gasteiger partial charge in [-0.3, -0.25) is 4.79 Å². The number of nitrogens with zero attached hydrogens (tertiary/aromatic N) is 1. The predicted molar refractivity (Wildman–Crippen MR) is 60.5 cm³/mol. The molecule has 1 aliphatic rings. The molecule has 1 amide bonds. The summed E-state index contributed by atoms with van der Waals surface area (Å²) < 4.78 is 4.69. The Hall–Kier alpha value is -1.58. The summed E-state index contributed by atoms with van der Waals surface area (Å²) in [5, 5.41) is 0. The van der Waals surface area contributed by atoms with Crippen molar-refractivity contribution in [2.45, 2.75) is 32.7 Å². The zero-order valence-electron chi connectivity index (χ0n) is 9.95. The molecule has 0 N–H and O–H groups in total. The third-order valence-electron chi connectivity index (χ3n) is 2.58. The Morgan fingerprint density at radius 1 is 1.62 bits per heavy atom. The zero-order valence-corrected chi connectivity index (χ0v) is 9.95. The molecule has 0 aromatic heterocycles. The first kappa shape index (κ1) is 12.5. The Morgan fingerprint density at radius 2 is 2.25 bits per heavy atom. The number of carbonyl (C=O) groups is 2. The number of likely N-dealkylation sites (tertiary alicyclic amines) is 1. The average molecular weight is 223 g/mol. The Bertz CT molecular complexity index is 351. The van der Waals surface area contributed by atoms with Crippen molar-refractivity contribution in [2.24, 2.45) is 0 Å². The van der Waals surface area contributed by atoms with Gasteiger partial charge >= 0.3 is 5.97 Å². The summed E-state index contributed by atoms with van der Waals surface area (Å²) in [4.78, 5) is 24.6. The average Bonchev–Trinajstić information content (AvgIpc) is 2.23. The zero-order chi connectivity index (χ0) is 12.3. The van der Waals surface area contributed by atoms with Crippen LogP contribution in [0.1, 0.15) is 26.7 Å². The number of β-lactam (4-membered cyclic amide) rings is 1. The van der Waals surface area contributed by atoms with Gasteiger partial charge in [0, 0.05) is 12.5 Å². The van der Waals surface area contributed by atoms with Crippen molar-refractivity contribution in [2.75, 3.05) is 7.11 Å². The van der Waals surface area contributed by atoms with Gasteiger partial charge in [-0.2, -0.15) is 0 Å². The highest BCUT2D eigenvalue weighted by Gasteiger charge is 2.40. The monoisotopic (exact) mass is 223 g/mol. The second-order valence-electron chi connectivity index (χ2n) is 3.99. The standard InChI is InChI=1S/C12H17NO3/c1-5-6-9-7-10(14)13(9)11(8(2)3)12(15)16-4/h5,9H,1,6-7H2,2-4H3. The topological polar surface area (TPSA) is 46.6 Å². The van der Waals surface area contributed by atoms with Crippen molar-refractivity contribution in [1.29, 1.82) is 0 Å². The van der Waals surface area contributed by atoms with Gasteiger partial charge in [-0.25, -0.2) is 4.79 Å². The van der Waals surface area contributed by atoms with E-state index in [2.05, 4.69) is 11.3 Å². The highest BCUT2D eigenvalue weighted by atomic mass is 16.5. The summed E-state index contributed by atoms with van der Waals surface area (Å²) in [6, 6.07) is 0.0500. The Balaban J connectivity index is 2.95. The molecule has 1 saturated heterocycles. The van der Waals surface area contributed by atoms with E-state index >= 15 is 0 Å². The van der Waals surface area contributed by atoms with Gasteiger partial charge in [0.15, 0.2) is 0 Å². The number of amides is 1. The number of hydrogen-bond donors (Lipinski definition) is 0. The molecule has 1 unspecified atom stereocenters. The van der Waals surface area contributed by atoms with Crippen LogP contribution in [0.15, 0.2) is 23.9 Å². The summed E-state index contributed by atoms with van der Waals surface area (Å²) >= 11 is 0. The van der Waals surface area contributed by atoms with E-state index in [4.69, 9.17) is 0 Å². The first-order chi connectivity index (χ1) is 7.52. The first-order valence-corrected chi connectivity index (χ1v) is 5.21. The van der Waals surface area contributed by atoms with Crippen LogP contribution < -0.4 is 0 Å². The number of hydrogen-bond acceptors (Lipinski definition) is 3. The van der Waals surface area contributed by atoms with Gasteiger partial charge in [-0.05, 0) is 25.8 Å². The van der Waals surface area contributed by atoms with Crippen LogP contribution in [0.2, 0.25) is 0 Å². The molecule has 0 aromatic carbocycles. The van der Waals surface area contributed by atoms with Gasteiger partial charge in [0.25, 0.3) is 0 Å². The summed E-state index contributed by atoms with van der Waals surface area (Å²) in [5.74, 6) is -0.490. The van der Waals surface area contributed by atoms with Crippen LogP contribution in [0.3, 0.4) is 0 Å². The predicted octanol–water partition coefficient (Wildman–Crippen LogP) is 1.63. The van der Waals surface area contributed by atoms with Crippen LogP contribution >= 0.6 is 0 Å². The lowest BCUT2D eigenvalue weighted by Crippen LogP contribution is -2.53. The highest BCUT2D eigenvalue weighted by Crippen LogP contribution is 2.29. The SMILES string of the molecule is C=CCC1CC(=O)N1C(C(=O)OC)=C(C)C. The molecule has 0 aromatic rings. The van der Waals surface area contributed by atoms with E-state index in [-0.39, 0.29) is 11.9 Å². The Morgan fingerprint density at radius 3 is 2.62 bits per heavy atom. The summed E-state index contributed by atoms with van der Waals surface area (Å²) in [6.07, 6.45) is 2.92. The molecule has 1 heterocycles. The molecule has 0 radical (unpaired) electrons. The fraction of sp³-hybridized carbons (Fsp3) is 0.500. The number of rotatable bonds is 4. The Labute approximate surface area is 95.6 Å². The quantitative estimate of drug-likeness (QED) is 0.315. The number of carbonyl (C=O) groups excluding carboxylic acids is 2. The lowest BCUT2D eigenvalue weighted by Gasteiger charge is -2.40. The number of esters is 1. The van der Waals surface area contributed by atoms with Crippen LogP contribution in [0.25, 0.3) is 0 Å². The van der Waals surface area contributed by atoms with E-state index in [1.54, 1.807) is 19.9 Å². The van der Waals surface area contributed by atoms with Gasteiger partial charge in [0.1, 0.15) is 5.70 Å². The molecule has 1 fully saturated rings. The highest BCUT2D eigenvalue weighted by molar-refractivity contribution is 5.97. The van der Waals surface area contributed by atoms with E-state index in [1.165, 1.54) is 12.0 Å². The third kappa shape index (κ3) is 2.15. The lowest BCUT2D eigenvalue weighted by molar-refractivity contribution is -0.150. The molecule has 0 spiro atoms. The first-order valence-electron chi connectivity index (χ1n) is 5.21. The molecule has 16 heavy (non-hydrogen) atoms. The molecular weight excluding hydrogens is 206 g/mol. The molecule has 88 valence electrons. The minimum Gasteiger partial charge on any atom is -0.464 e. The third-order valence-corrected chi connectivity index (χ3v) is 2.58. The van der Waals surface area contributed by atoms with Crippen molar-refractivity contribution in [3.63, 3.8) is 0 Å². The van der Waals surface area contributed by atoms with Crippen LogP contribution in [-0.4, -0.2) is 29.9 Å². The van der Waals surface area contributed by atoms with E-state index in [0.717, 1.165) is 5.57 Å². The minimum atomic E-state index is -0.456. The molecule has 0 bridgehead atoms. The maximum Gasteiger partial charge on any atom is 0.354 e. The minimum absolute atomic E-state index is 0.0338. The van der Waals surface area contributed by atoms with Crippen molar-refractivity contribution < 1.29 is 14.3 Å². The smallest absolute Gasteiger partial charge is 0.354 e. The maximum absolute atomic E-state index is 11.6. The summed E-state index contributed by atoms with van der Waals surface area (Å²) in [5.41, 5.74) is 1.15. The number of methoxy groups -OCH3 is 1. The van der Waals surface area contributed by atoms with Crippen molar-refractivity contribution >= 4 is 11.9 Å². The molecule has 4 nitrogen and oxygen atoms in total. The van der Waals surface area contributed by atoms with Gasteiger partial charge in [0.05, 0.1) is 7.11 Å². The molecule has 4 heteroatoms. The molecule has 1 rings (SSSR count). The van der Waals surface area contributed by atoms with Crippen LogP contribution in [0.5, 0.6) is 0 Å². The maximum atomic E-state index is 11.6. The van der Waals surface area contributed by atoms with Crippen LogP contribution in [-0.2, 0) is 14.3 Å². The fourth-order valence-corrected chi connectivity index (χ4v) is 1.81. The van der Waals surface area contributed by atoms with Crippen LogP contribution in [0, 0.1) is 0 Å². The van der Waals surface area contributed by atoms with Crippen molar-refractivity contribution in [3.05, 3.63) is 23.9 Å². The molecule has 0 aliphatic carbocycles. The fourth-order valence-electron chi connectivity index (χ4n) is 1.81. The second kappa shape index (κ2) is 4.96. The van der Waals surface area contributed by atoms with Gasteiger partial charge < -0.3 is 9.64 Å². The molecule has 1 aliphatic heterocycles. The van der Waals surface area contributed by atoms with E-state index in [1.807, 2.05) is 0 Å². The summed E-state index contributed by atoms with van der Waals surface area (Å²) in [6.45, 7) is 7.23. The van der Waals surface area contributed by atoms with Crippen molar-refractivity contribution in [1.82, 2.24) is 4.90 Å². The number of ether oxygens (including phenoxy) is 1. The van der Waals surface area contributed by atoms with Gasteiger partial charge in [-0.1, -0.05) is 6.08 Å². The summed E-state index contributed by atoms with van der Waals surface area (Å²) in [7, 11) is 1.32. The second-order valence-corrected chi connectivity index (χ2v) is 3.99. The molecule has 1 atom stereocenters. The van der Waals surface area contributed by atoms with Crippen molar-refractivity contribution in [3.8, 4) is 0 Å². The van der Waals surface area contributed by atoms with E-state index < -0.39 is 5.97 Å². The van der Waals surface area contributed by atoms with E-state index in [9.17, 15) is 9.59 Å².